The Morgan fingerprint density at radius 1 is 0.978 bits per heavy atom. The van der Waals surface area contributed by atoms with Gasteiger partial charge >= 0.3 is 11.5 Å². The summed E-state index contributed by atoms with van der Waals surface area (Å²) in [5, 5.41) is 18.7. The summed E-state index contributed by atoms with van der Waals surface area (Å²) in [6.07, 6.45) is 5.98. The molecular weight excluding hydrogens is 626 g/mol. The summed E-state index contributed by atoms with van der Waals surface area (Å²) >= 11 is 0.905. The molecule has 6 rings (SSSR count). The highest BCUT2D eigenvalue weighted by molar-refractivity contribution is 8.00. The van der Waals surface area contributed by atoms with E-state index >= 15 is 0 Å². The van der Waals surface area contributed by atoms with E-state index in [0.29, 0.717) is 27.4 Å². The predicted octanol–water partition coefficient (Wildman–Crippen LogP) is 7.96. The van der Waals surface area contributed by atoms with Crippen molar-refractivity contribution in [3.8, 4) is 0 Å². The van der Waals surface area contributed by atoms with Crippen molar-refractivity contribution in [2.45, 2.75) is 55.0 Å². The number of H-pyrrole nitrogens is 1. The van der Waals surface area contributed by atoms with Crippen LogP contribution >= 0.6 is 23.1 Å². The molecule has 1 fully saturated rings. The Balaban J connectivity index is 1.22. The van der Waals surface area contributed by atoms with Crippen molar-refractivity contribution in [2.75, 3.05) is 15.5 Å². The van der Waals surface area contributed by atoms with E-state index in [2.05, 4.69) is 48.4 Å². The molecule has 0 saturated heterocycles. The highest BCUT2D eigenvalue weighted by Crippen LogP contribution is 2.39. The topological polar surface area (TPSA) is 129 Å². The number of rotatable bonds is 8. The Morgan fingerprint density at radius 3 is 2.42 bits per heavy atom. The number of hydrogen-bond donors (Lipinski definition) is 3. The number of aromatic amines is 1. The molecule has 0 bridgehead atoms. The van der Waals surface area contributed by atoms with Crippen LogP contribution in [0, 0.1) is 0 Å². The first-order chi connectivity index (χ1) is 21.7. The van der Waals surface area contributed by atoms with Crippen LogP contribution in [0.5, 0.6) is 0 Å². The summed E-state index contributed by atoms with van der Waals surface area (Å²) in [4.78, 5) is 32.3. The molecular formula is C30H27F3N8O2S2. The van der Waals surface area contributed by atoms with Gasteiger partial charge < -0.3 is 0 Å². The first-order valence-corrected chi connectivity index (χ1v) is 15.8. The minimum atomic E-state index is -4.40. The summed E-state index contributed by atoms with van der Waals surface area (Å²) in [5.41, 5.74) is -0.881. The van der Waals surface area contributed by atoms with E-state index in [-0.39, 0.29) is 34.3 Å². The molecule has 0 atom stereocenters. The number of benzene rings is 3. The first-order valence-electron chi connectivity index (χ1n) is 14.2. The van der Waals surface area contributed by atoms with Crippen molar-refractivity contribution < 1.29 is 22.8 Å². The third-order valence-electron chi connectivity index (χ3n) is 7.46. The smallest absolute Gasteiger partial charge is 0.290 e. The summed E-state index contributed by atoms with van der Waals surface area (Å²) in [5.74, 6) is 0.140. The number of fused-ring (bicyclic) bond motifs is 1. The molecule has 45 heavy (non-hydrogen) atoms. The molecule has 10 nitrogen and oxygen atoms in total. The van der Waals surface area contributed by atoms with Crippen molar-refractivity contribution in [1.29, 1.82) is 0 Å². The van der Waals surface area contributed by atoms with E-state index in [1.165, 1.54) is 43.0 Å². The van der Waals surface area contributed by atoms with Crippen molar-refractivity contribution in [3.63, 3.8) is 0 Å². The van der Waals surface area contributed by atoms with Crippen molar-refractivity contribution in [3.05, 3.63) is 83.4 Å². The summed E-state index contributed by atoms with van der Waals surface area (Å²) < 4.78 is 39.2. The van der Waals surface area contributed by atoms with Gasteiger partial charge in [-0.25, -0.2) is 9.78 Å². The second-order valence-electron chi connectivity index (χ2n) is 10.5. The number of carbonyl (C=O) groups is 2. The number of hydrogen-bond acceptors (Lipinski definition) is 8. The van der Waals surface area contributed by atoms with Crippen LogP contribution in [0.1, 0.15) is 59.5 Å². The number of nitrogens with zero attached hydrogens (tertiary/aromatic N) is 5. The van der Waals surface area contributed by atoms with Gasteiger partial charge in [0, 0.05) is 16.1 Å². The van der Waals surface area contributed by atoms with Crippen LogP contribution in [0.25, 0.3) is 10.2 Å². The first kappa shape index (κ1) is 30.5. The van der Waals surface area contributed by atoms with Gasteiger partial charge in [0.2, 0.25) is 0 Å². The molecule has 3 amide bonds. The number of nitrogens with one attached hydrogen (secondary N) is 3. The van der Waals surface area contributed by atoms with Crippen LogP contribution in [0.4, 0.5) is 34.7 Å². The zero-order chi connectivity index (χ0) is 31.4. The zero-order valence-electron chi connectivity index (χ0n) is 23.7. The maximum atomic E-state index is 13.7. The fourth-order valence-electron chi connectivity index (χ4n) is 5.29. The maximum absolute atomic E-state index is 13.7. The Kier molecular flexibility index (Phi) is 8.98. The lowest BCUT2D eigenvalue weighted by Gasteiger charge is -2.25. The van der Waals surface area contributed by atoms with Crippen LogP contribution in [0.2, 0.25) is 0 Å². The number of alkyl halides is 3. The molecule has 1 saturated carbocycles. The molecule has 15 heteroatoms. The van der Waals surface area contributed by atoms with Crippen LogP contribution in [-0.4, -0.2) is 43.1 Å². The molecule has 2 aromatic heterocycles. The van der Waals surface area contributed by atoms with Crippen LogP contribution in [-0.2, 0) is 6.54 Å². The standard InChI is InChI=1S/C30H27F3N8O2S2/c31-30(32,33)45-23-14-15-24-25(16-23)44-28(34-24)36-29(43)41(22-12-10-20(11-13-22)19-4-2-1-3-5-19)17-18-6-8-21(9-7-18)26(42)35-27-37-39-40-38-27/h6-16,19H,1-5,17H2,(H,34,36,43)(H2,35,37,38,39,40,42). The Labute approximate surface area is 263 Å². The van der Waals surface area contributed by atoms with Gasteiger partial charge in [-0.05, 0) is 89.3 Å². The number of halogens is 3. The van der Waals surface area contributed by atoms with Crippen LogP contribution in [0.15, 0.2) is 71.6 Å². The quantitative estimate of drug-likeness (QED) is 0.145. The Morgan fingerprint density at radius 2 is 1.73 bits per heavy atom. The second-order valence-corrected chi connectivity index (χ2v) is 12.7. The average Bonchev–Trinajstić information content (AvgIpc) is 3.69. The van der Waals surface area contributed by atoms with E-state index in [4.69, 9.17) is 0 Å². The lowest BCUT2D eigenvalue weighted by molar-refractivity contribution is -0.0328. The summed E-state index contributed by atoms with van der Waals surface area (Å²) in [6.45, 7) is 0.179. The average molecular weight is 653 g/mol. The Hall–Kier alpha value is -4.50. The SMILES string of the molecule is O=C(Nc1nn[nH]n1)c1ccc(CN(C(=O)Nc2nc3ccc(SC(F)(F)F)cc3s2)c2ccc(C3CCCCC3)cc2)cc1. The number of carbonyl (C=O) groups excluding carboxylic acids is 2. The van der Waals surface area contributed by atoms with Gasteiger partial charge in [-0.15, -0.1) is 5.10 Å². The summed E-state index contributed by atoms with van der Waals surface area (Å²) in [7, 11) is 0. The number of anilines is 3. The van der Waals surface area contributed by atoms with Gasteiger partial charge in [-0.2, -0.15) is 18.4 Å². The van der Waals surface area contributed by atoms with Gasteiger partial charge in [-0.1, -0.05) is 60.0 Å². The molecule has 3 aromatic carbocycles. The van der Waals surface area contributed by atoms with Gasteiger partial charge in [0.05, 0.1) is 16.8 Å². The summed E-state index contributed by atoms with van der Waals surface area (Å²) in [6, 6.07) is 18.6. The molecule has 1 aliphatic rings. The van der Waals surface area contributed by atoms with Crippen molar-refractivity contribution >= 4 is 62.0 Å². The number of urea groups is 1. The van der Waals surface area contributed by atoms with Crippen molar-refractivity contribution in [2.24, 2.45) is 0 Å². The number of aromatic nitrogens is 5. The fraction of sp³-hybridized carbons (Fsp3) is 0.267. The van der Waals surface area contributed by atoms with Gasteiger partial charge in [-0.3, -0.25) is 20.3 Å². The third kappa shape index (κ3) is 7.78. The zero-order valence-corrected chi connectivity index (χ0v) is 25.3. The van der Waals surface area contributed by atoms with Gasteiger partial charge in [0.1, 0.15) is 0 Å². The van der Waals surface area contributed by atoms with E-state index < -0.39 is 17.4 Å². The normalized spacial score (nSPS) is 13.9. The number of thiazole rings is 1. The van der Waals surface area contributed by atoms with Crippen LogP contribution in [0.3, 0.4) is 0 Å². The molecule has 0 unspecified atom stereocenters. The van der Waals surface area contributed by atoms with E-state index in [9.17, 15) is 22.8 Å². The lowest BCUT2D eigenvalue weighted by Crippen LogP contribution is -2.34. The molecule has 2 heterocycles. The molecule has 5 aromatic rings. The molecule has 1 aliphatic carbocycles. The molecule has 3 N–H and O–H groups in total. The largest absolute Gasteiger partial charge is 0.446 e. The minimum absolute atomic E-state index is 0.0469. The highest BCUT2D eigenvalue weighted by Gasteiger charge is 2.29. The number of tetrazole rings is 1. The van der Waals surface area contributed by atoms with Crippen molar-refractivity contribution in [1.82, 2.24) is 25.6 Å². The molecule has 0 spiro atoms. The maximum Gasteiger partial charge on any atom is 0.446 e. The predicted molar refractivity (Wildman–Crippen MR) is 168 cm³/mol. The number of thioether (sulfide) groups is 1. The molecule has 232 valence electrons. The third-order valence-corrected chi connectivity index (χ3v) is 9.12. The fourth-order valence-corrected chi connectivity index (χ4v) is 6.84. The Bertz CT molecular complexity index is 1770. The minimum Gasteiger partial charge on any atom is -0.290 e. The van der Waals surface area contributed by atoms with Gasteiger partial charge in [0.15, 0.2) is 5.13 Å². The molecule has 0 aliphatic heterocycles. The van der Waals surface area contributed by atoms with E-state index in [0.717, 1.165) is 29.7 Å². The monoisotopic (exact) mass is 652 g/mol. The molecule has 0 radical (unpaired) electrons. The van der Waals surface area contributed by atoms with Gasteiger partial charge in [0.25, 0.3) is 11.9 Å². The lowest BCUT2D eigenvalue weighted by atomic mass is 9.84. The highest BCUT2D eigenvalue weighted by atomic mass is 32.2. The van der Waals surface area contributed by atoms with Crippen LogP contribution < -0.4 is 15.5 Å². The van der Waals surface area contributed by atoms with E-state index in [1.54, 1.807) is 29.2 Å². The second kappa shape index (κ2) is 13.2. The number of amides is 3. The van der Waals surface area contributed by atoms with E-state index in [1.807, 2.05) is 12.1 Å².